The van der Waals surface area contributed by atoms with Gasteiger partial charge < -0.3 is 4.90 Å². The number of hydrogen-bond donors (Lipinski definition) is 0. The van der Waals surface area contributed by atoms with Crippen molar-refractivity contribution in [2.24, 2.45) is 13.0 Å². The predicted octanol–water partition coefficient (Wildman–Crippen LogP) is 20.8. The first kappa shape index (κ1) is 99.7. The zero-order chi connectivity index (χ0) is 67.8. The average molecular weight is 1450 g/mol. The fourth-order valence-electron chi connectivity index (χ4n) is 5.75. The molecule has 33 heteroatoms. The lowest BCUT2D eigenvalue weighted by Crippen LogP contribution is -2.33. The Bertz CT molecular complexity index is 3070. The summed E-state index contributed by atoms with van der Waals surface area (Å²) in [5, 5.41) is 29.8. The van der Waals surface area contributed by atoms with Crippen LogP contribution >= 0.6 is 58.0 Å². The van der Waals surface area contributed by atoms with E-state index in [0.717, 1.165) is 51.3 Å². The first-order chi connectivity index (χ1) is 39.8. The molecule has 2 aliphatic heterocycles. The zero-order valence-electron chi connectivity index (χ0n) is 47.4. The van der Waals surface area contributed by atoms with Crippen LogP contribution in [0.15, 0.2) is 77.6 Å². The number of hydrogen-bond acceptors (Lipinski definition) is 10. The number of aromatic nitrogens is 3. The van der Waals surface area contributed by atoms with E-state index < -0.39 is 75.1 Å². The zero-order valence-corrected chi connectivity index (χ0v) is 51.2. The summed E-state index contributed by atoms with van der Waals surface area (Å²) < 4.78 is 151. The molecule has 15 nitrogen and oxygen atoms in total. The van der Waals surface area contributed by atoms with Crippen molar-refractivity contribution in [3.05, 3.63) is 180 Å². The highest BCUT2D eigenvalue weighted by atomic mass is 35.5. The topological polar surface area (TPSA) is 192 Å². The van der Waals surface area contributed by atoms with Gasteiger partial charge in [-0.25, -0.2) is 22.2 Å². The lowest BCUT2D eigenvalue weighted by molar-refractivity contribution is -0.385. The summed E-state index contributed by atoms with van der Waals surface area (Å²) in [6.07, 6.45) is -12.4. The molecule has 8 rings (SSSR count). The van der Waals surface area contributed by atoms with Gasteiger partial charge in [0.2, 0.25) is 17.7 Å². The van der Waals surface area contributed by atoms with E-state index in [1.165, 1.54) is 34.8 Å². The second-order valence-electron chi connectivity index (χ2n) is 18.0. The third-order valence-corrected chi connectivity index (χ3v) is 13.8. The van der Waals surface area contributed by atoms with E-state index in [2.05, 4.69) is 10.3 Å². The lowest BCUT2D eigenvalue weighted by atomic mass is 10.1. The number of amides is 3. The molecule has 0 radical (unpaired) electrons. The second-order valence-corrected chi connectivity index (χ2v) is 19.9. The molecule has 2 fully saturated rings. The summed E-state index contributed by atoms with van der Waals surface area (Å²) in [4.78, 5) is 65.3. The van der Waals surface area contributed by atoms with E-state index in [1.54, 1.807) is 55.3 Å². The molecule has 93 heavy (non-hydrogen) atoms. The third-order valence-electron chi connectivity index (χ3n) is 11.3. The number of halogens is 18. The van der Waals surface area contributed by atoms with Gasteiger partial charge in [0.05, 0.1) is 40.3 Å². The van der Waals surface area contributed by atoms with Gasteiger partial charge >= 0.3 is 18.5 Å². The first-order valence-electron chi connectivity index (χ1n) is 24.6. The number of rotatable bonds is 2. The number of carbonyl (C=O) groups excluding carboxylic acids is 3. The molecule has 2 aliphatic rings. The van der Waals surface area contributed by atoms with Gasteiger partial charge in [0, 0.05) is 88.8 Å². The number of likely N-dealkylation sites (tertiary alicyclic amines) is 2. The maximum absolute atomic E-state index is 12.8. The van der Waals surface area contributed by atoms with Crippen molar-refractivity contribution in [3.63, 3.8) is 0 Å². The molecule has 528 valence electrons. The van der Waals surface area contributed by atoms with Gasteiger partial charge in [0.25, 0.3) is 16.9 Å². The monoisotopic (exact) mass is 1450 g/mol. The van der Waals surface area contributed by atoms with Crippen molar-refractivity contribution in [2.45, 2.75) is 144 Å². The molecule has 6 aromatic rings. The van der Waals surface area contributed by atoms with Crippen LogP contribution in [-0.2, 0) is 21.4 Å². The number of alkyl halides is 9. The Balaban J connectivity index is -0.000000179. The van der Waals surface area contributed by atoms with E-state index in [-0.39, 0.29) is 95.3 Å². The Hall–Kier alpha value is -6.88. The van der Waals surface area contributed by atoms with Gasteiger partial charge in [0.1, 0.15) is 17.3 Å². The maximum Gasteiger partial charge on any atom is 0.400 e. The molecule has 0 atom stereocenters. The quantitative estimate of drug-likeness (QED) is 0.0402. The van der Waals surface area contributed by atoms with Crippen molar-refractivity contribution in [1.29, 1.82) is 0 Å². The van der Waals surface area contributed by atoms with Crippen LogP contribution in [0.4, 0.5) is 68.5 Å². The number of nitro benzene ring substituents is 2. The Morgan fingerprint density at radius 3 is 1.25 bits per heavy atom. The number of aryl methyl sites for hydroxylation is 3. The molecule has 5 aromatic carbocycles. The van der Waals surface area contributed by atoms with Crippen molar-refractivity contribution < 1.29 is 81.3 Å². The van der Waals surface area contributed by atoms with Crippen molar-refractivity contribution in [1.82, 2.24) is 24.8 Å². The Morgan fingerprint density at radius 2 is 0.946 bits per heavy atom. The summed E-state index contributed by atoms with van der Waals surface area (Å²) in [7, 11) is 4.94. The molecule has 0 spiro atoms. The van der Waals surface area contributed by atoms with Crippen LogP contribution in [0.3, 0.4) is 0 Å². The Labute approximate surface area is 558 Å². The van der Waals surface area contributed by atoms with Crippen molar-refractivity contribution >= 4 is 98.0 Å². The summed E-state index contributed by atoms with van der Waals surface area (Å²) in [6, 6.07) is 20.1. The molecule has 0 saturated carbocycles. The van der Waals surface area contributed by atoms with Crippen LogP contribution in [0.5, 0.6) is 0 Å². The number of carbonyl (C=O) groups is 3. The molecule has 0 bridgehead atoms. The van der Waals surface area contributed by atoms with E-state index in [0.29, 0.717) is 45.3 Å². The smallest absolute Gasteiger partial charge is 0.346 e. The summed E-state index contributed by atoms with van der Waals surface area (Å²) in [5.41, 5.74) is 2.42. The van der Waals surface area contributed by atoms with Crippen molar-refractivity contribution in [3.8, 4) is 0 Å². The summed E-state index contributed by atoms with van der Waals surface area (Å²) >= 11 is 28.8. The van der Waals surface area contributed by atoms with E-state index in [1.807, 2.05) is 39.1 Å². The fourth-order valence-corrected chi connectivity index (χ4v) is 6.98. The molecular weight excluding hydrogens is 1370 g/mol. The molecular formula is C60H79Cl5F13N7O8. The predicted molar refractivity (Wildman–Crippen MR) is 344 cm³/mol. The summed E-state index contributed by atoms with van der Waals surface area (Å²) in [6.45, 7) is 9.68. The minimum Gasteiger partial charge on any atom is -0.346 e. The molecule has 3 amide bonds. The molecule has 3 heterocycles. The fraction of sp³-hybridized carbons (Fsp3) is 0.433. The molecule has 0 unspecified atom stereocenters. The molecule has 2 saturated heterocycles. The minimum atomic E-state index is -5.18. The van der Waals surface area contributed by atoms with Crippen LogP contribution in [0, 0.1) is 84.0 Å². The van der Waals surface area contributed by atoms with E-state index >= 15 is 0 Å². The highest BCUT2D eigenvalue weighted by molar-refractivity contribution is 6.55. The third kappa shape index (κ3) is 34.2. The van der Waals surface area contributed by atoms with E-state index in [4.69, 9.17) is 58.0 Å². The minimum absolute atomic E-state index is 0. The van der Waals surface area contributed by atoms with Gasteiger partial charge in [-0.2, -0.15) is 39.5 Å². The first-order valence-corrected chi connectivity index (χ1v) is 26.5. The Morgan fingerprint density at radius 1 is 0.538 bits per heavy atom. The van der Waals surface area contributed by atoms with Crippen LogP contribution in [0.25, 0.3) is 10.9 Å². The molecule has 0 aliphatic carbocycles. The van der Waals surface area contributed by atoms with Gasteiger partial charge in [-0.3, -0.25) is 44.3 Å². The number of fused-ring (bicyclic) bond motifs is 1. The molecule has 1 aromatic heterocycles. The number of nitrogens with zero attached hydrogens (tertiary/aromatic N) is 7. The van der Waals surface area contributed by atoms with Crippen LogP contribution in [-0.4, -0.2) is 91.5 Å². The highest BCUT2D eigenvalue weighted by Crippen LogP contribution is 2.43. The standard InChI is InChI=1S/C8H6F4.C8H7N3O.C7H3Cl5.2C7H7NO2.C5H7NO2.C5H9NO.C4H4F6.C3H5F3.6CH4/c1-3-5(9)4(2)7(11)8(12)6(3)10;1-11-8(12)6-4-2-3-5-7(6)9-10-11;1-2-3(8)5(10)7(12)6(11)4(2)9;1-6-2-4-7(5-3-6)8(9)10;1-6-3-2-4-7(5-6)8(9)10;1-6-4(7)2-3-5(6)8;1-6-4-2-3-5(6)7;1-2(3(5,6)7)4(8,9)10;1-2-3(4,5)6;;;;;;/h1-2H3;2-5H,1H3;1H3;2*2-5H,1H3;2-3H2,1H3;2-4H2,1H3;2H,1H3;2H2,1H3;6*1H4. The number of non-ortho nitro benzene ring substituents is 2. The maximum atomic E-state index is 12.8. The largest absolute Gasteiger partial charge is 0.400 e. The molecule has 0 N–H and O–H groups in total. The summed E-state index contributed by atoms with van der Waals surface area (Å²) in [5.74, 6) is -8.64. The Kier molecular flexibility index (Phi) is 48.7. The number of imide groups is 1. The van der Waals surface area contributed by atoms with Gasteiger partial charge in [-0.15, -0.1) is 5.10 Å². The lowest BCUT2D eigenvalue weighted by Gasteiger charge is -2.17. The van der Waals surface area contributed by atoms with Crippen LogP contribution in [0.1, 0.15) is 118 Å². The second kappa shape index (κ2) is 45.4. The number of nitro groups is 2. The van der Waals surface area contributed by atoms with Crippen LogP contribution < -0.4 is 5.56 Å². The SMILES string of the molecule is C.C.C.C.C.C.CC(C(F)(F)F)C(F)(F)F.CCC(F)(F)F.CN1C(=O)CCC1=O.CN1CCCC1=O.Cc1c(Cl)c(Cl)c(Cl)c(Cl)c1Cl.Cc1c(F)c(C)c(F)c(F)c1F.Cc1ccc([N+](=O)[O-])cc1.Cc1cccc([N+](=O)[O-])c1.Cn1nnc2ccccc2c1=O. The highest BCUT2D eigenvalue weighted by Gasteiger charge is 2.53. The van der Waals surface area contributed by atoms with Gasteiger partial charge in [0.15, 0.2) is 17.5 Å². The van der Waals surface area contributed by atoms with Crippen molar-refractivity contribution in [2.75, 3.05) is 20.6 Å². The normalized spacial score (nSPS) is 11.7. The van der Waals surface area contributed by atoms with E-state index in [9.17, 15) is 96.5 Å². The van der Waals surface area contributed by atoms with Crippen LogP contribution in [0.2, 0.25) is 25.1 Å². The average Bonchev–Trinajstić information content (AvgIpc) is 1.58. The number of benzene rings is 5. The van der Waals surface area contributed by atoms with Gasteiger partial charge in [-0.05, 0) is 71.2 Å². The van der Waals surface area contributed by atoms with Gasteiger partial charge in [-0.1, -0.05) is 157 Å².